The summed E-state index contributed by atoms with van der Waals surface area (Å²) < 4.78 is 19.4. The molecule has 4 heteroatoms. The third-order valence-corrected chi connectivity index (χ3v) is 3.74. The molecule has 3 nitrogen and oxygen atoms in total. The number of rotatable bonds is 3. The Morgan fingerprint density at radius 3 is 2.64 bits per heavy atom. The standard InChI is InChI=1S/C18H16FNO2/c1-22-14-8-9-15-13(11-14)7-10-16(19)17(15)20-18(21)12-5-3-2-4-6-12/h2-6,8-9,11H,7,10H2,1H3,(H,20,21). The summed E-state index contributed by atoms with van der Waals surface area (Å²) in [7, 11) is 1.60. The van der Waals surface area contributed by atoms with Crippen LogP contribution in [0.2, 0.25) is 0 Å². The number of carbonyl (C=O) groups is 1. The van der Waals surface area contributed by atoms with Gasteiger partial charge in [-0.2, -0.15) is 0 Å². The first-order chi connectivity index (χ1) is 10.7. The molecule has 0 atom stereocenters. The molecule has 1 aliphatic rings. The lowest BCUT2D eigenvalue weighted by Gasteiger charge is -2.20. The molecule has 0 bridgehead atoms. The van der Waals surface area contributed by atoms with Crippen molar-refractivity contribution in [2.45, 2.75) is 12.8 Å². The smallest absolute Gasteiger partial charge is 0.255 e. The van der Waals surface area contributed by atoms with Crippen LogP contribution in [0.4, 0.5) is 4.39 Å². The van der Waals surface area contributed by atoms with E-state index >= 15 is 0 Å². The molecule has 22 heavy (non-hydrogen) atoms. The van der Waals surface area contributed by atoms with Crippen LogP contribution in [-0.2, 0) is 6.42 Å². The summed E-state index contributed by atoms with van der Waals surface area (Å²) >= 11 is 0. The maximum Gasteiger partial charge on any atom is 0.255 e. The van der Waals surface area contributed by atoms with E-state index in [1.807, 2.05) is 12.1 Å². The number of halogens is 1. The van der Waals surface area contributed by atoms with Gasteiger partial charge in [-0.25, -0.2) is 4.39 Å². The zero-order valence-corrected chi connectivity index (χ0v) is 12.2. The molecule has 1 amide bonds. The lowest BCUT2D eigenvalue weighted by molar-refractivity contribution is 0.0973. The Hall–Kier alpha value is -2.62. The monoisotopic (exact) mass is 297 g/mol. The number of methoxy groups -OCH3 is 1. The minimum Gasteiger partial charge on any atom is -0.497 e. The second-order valence-electron chi connectivity index (χ2n) is 5.12. The molecule has 112 valence electrons. The maximum absolute atomic E-state index is 14.2. The van der Waals surface area contributed by atoms with Gasteiger partial charge in [-0.3, -0.25) is 4.79 Å². The van der Waals surface area contributed by atoms with Crippen LogP contribution in [0.3, 0.4) is 0 Å². The van der Waals surface area contributed by atoms with Crippen molar-refractivity contribution in [1.29, 1.82) is 0 Å². The summed E-state index contributed by atoms with van der Waals surface area (Å²) in [6.07, 6.45) is 0.883. The number of ether oxygens (including phenoxy) is 1. The first-order valence-electron chi connectivity index (χ1n) is 7.11. The summed E-state index contributed by atoms with van der Waals surface area (Å²) in [5.41, 5.74) is 2.46. The van der Waals surface area contributed by atoms with Gasteiger partial charge in [0.25, 0.3) is 5.91 Å². The highest BCUT2D eigenvalue weighted by Crippen LogP contribution is 2.32. The number of benzene rings is 2. The number of amides is 1. The maximum atomic E-state index is 14.2. The molecule has 0 aliphatic heterocycles. The van der Waals surface area contributed by atoms with Crippen molar-refractivity contribution in [3.8, 4) is 5.75 Å². The van der Waals surface area contributed by atoms with Gasteiger partial charge in [0, 0.05) is 17.5 Å². The summed E-state index contributed by atoms with van der Waals surface area (Å²) in [4.78, 5) is 12.3. The number of hydrogen-bond donors (Lipinski definition) is 1. The molecule has 2 aromatic carbocycles. The number of hydrogen-bond acceptors (Lipinski definition) is 2. The highest BCUT2D eigenvalue weighted by Gasteiger charge is 2.21. The van der Waals surface area contributed by atoms with E-state index in [1.165, 1.54) is 0 Å². The van der Waals surface area contributed by atoms with E-state index in [4.69, 9.17) is 4.74 Å². The van der Waals surface area contributed by atoms with Gasteiger partial charge in [-0.15, -0.1) is 0 Å². The molecular formula is C18H16FNO2. The SMILES string of the molecule is COc1ccc2c(c1)CCC(F)=C2NC(=O)c1ccccc1. The van der Waals surface area contributed by atoms with E-state index in [-0.39, 0.29) is 23.9 Å². The van der Waals surface area contributed by atoms with Crippen LogP contribution in [-0.4, -0.2) is 13.0 Å². The van der Waals surface area contributed by atoms with Gasteiger partial charge in [0.15, 0.2) is 0 Å². The Kier molecular flexibility index (Phi) is 3.92. The predicted octanol–water partition coefficient (Wildman–Crippen LogP) is 3.71. The van der Waals surface area contributed by atoms with Gasteiger partial charge in [0.1, 0.15) is 11.6 Å². The average Bonchev–Trinajstić information content (AvgIpc) is 2.57. The van der Waals surface area contributed by atoms with Gasteiger partial charge in [-0.05, 0) is 42.3 Å². The van der Waals surface area contributed by atoms with Crippen molar-refractivity contribution < 1.29 is 13.9 Å². The fourth-order valence-corrected chi connectivity index (χ4v) is 2.57. The van der Waals surface area contributed by atoms with Gasteiger partial charge < -0.3 is 10.1 Å². The number of aryl methyl sites for hydroxylation is 1. The fraction of sp³-hybridized carbons (Fsp3) is 0.167. The second kappa shape index (κ2) is 6.02. The molecule has 0 heterocycles. The third-order valence-electron chi connectivity index (χ3n) is 3.74. The molecule has 0 unspecified atom stereocenters. The molecule has 0 saturated heterocycles. The Labute approximate surface area is 128 Å². The molecule has 1 N–H and O–H groups in total. The van der Waals surface area contributed by atoms with Crippen molar-refractivity contribution in [2.75, 3.05) is 7.11 Å². The fourth-order valence-electron chi connectivity index (χ4n) is 2.57. The van der Waals surface area contributed by atoms with E-state index < -0.39 is 0 Å². The zero-order valence-electron chi connectivity index (χ0n) is 12.2. The van der Waals surface area contributed by atoms with Crippen LogP contribution < -0.4 is 10.1 Å². The summed E-state index contributed by atoms with van der Waals surface area (Å²) in [6.45, 7) is 0. The van der Waals surface area contributed by atoms with Crippen molar-refractivity contribution in [2.24, 2.45) is 0 Å². The minimum atomic E-state index is -0.311. The Morgan fingerprint density at radius 2 is 1.91 bits per heavy atom. The Balaban J connectivity index is 1.92. The molecule has 0 spiro atoms. The molecule has 0 radical (unpaired) electrons. The molecular weight excluding hydrogens is 281 g/mol. The second-order valence-corrected chi connectivity index (χ2v) is 5.12. The topological polar surface area (TPSA) is 38.3 Å². The van der Waals surface area contributed by atoms with Crippen LogP contribution in [0.15, 0.2) is 54.4 Å². The van der Waals surface area contributed by atoms with Crippen LogP contribution in [0.25, 0.3) is 5.70 Å². The van der Waals surface area contributed by atoms with E-state index in [1.54, 1.807) is 43.5 Å². The predicted molar refractivity (Wildman–Crippen MR) is 83.3 cm³/mol. The first-order valence-corrected chi connectivity index (χ1v) is 7.11. The zero-order chi connectivity index (χ0) is 15.5. The highest BCUT2D eigenvalue weighted by molar-refractivity contribution is 6.00. The summed E-state index contributed by atoms with van der Waals surface area (Å²) in [5, 5.41) is 2.70. The lowest BCUT2D eigenvalue weighted by Crippen LogP contribution is -2.25. The number of fused-ring (bicyclic) bond motifs is 1. The number of nitrogens with one attached hydrogen (secondary N) is 1. The Bertz CT molecular complexity index is 738. The highest BCUT2D eigenvalue weighted by atomic mass is 19.1. The van der Waals surface area contributed by atoms with E-state index in [0.29, 0.717) is 17.5 Å². The number of allylic oxidation sites excluding steroid dienone is 1. The number of carbonyl (C=O) groups excluding carboxylic acids is 1. The third kappa shape index (κ3) is 2.72. The van der Waals surface area contributed by atoms with Crippen molar-refractivity contribution in [3.05, 3.63) is 71.0 Å². The lowest BCUT2D eigenvalue weighted by atomic mass is 9.93. The van der Waals surface area contributed by atoms with Crippen molar-refractivity contribution in [1.82, 2.24) is 5.32 Å². The average molecular weight is 297 g/mol. The largest absolute Gasteiger partial charge is 0.497 e. The summed E-state index contributed by atoms with van der Waals surface area (Å²) in [6, 6.07) is 14.2. The van der Waals surface area contributed by atoms with Crippen molar-refractivity contribution in [3.63, 3.8) is 0 Å². The van der Waals surface area contributed by atoms with Crippen LogP contribution in [0, 0.1) is 0 Å². The van der Waals surface area contributed by atoms with Crippen LogP contribution in [0.1, 0.15) is 27.9 Å². The van der Waals surface area contributed by atoms with Crippen LogP contribution >= 0.6 is 0 Å². The molecule has 0 fully saturated rings. The van der Waals surface area contributed by atoms with E-state index in [2.05, 4.69) is 5.32 Å². The molecule has 3 rings (SSSR count). The normalized spacial score (nSPS) is 13.5. The van der Waals surface area contributed by atoms with Gasteiger partial charge in [0.05, 0.1) is 12.8 Å². The summed E-state index contributed by atoms with van der Waals surface area (Å²) in [5.74, 6) is 0.131. The first kappa shape index (κ1) is 14.3. The molecule has 0 saturated carbocycles. The molecule has 0 aromatic heterocycles. The van der Waals surface area contributed by atoms with Crippen molar-refractivity contribution >= 4 is 11.6 Å². The van der Waals surface area contributed by atoms with E-state index in [9.17, 15) is 9.18 Å². The quantitative estimate of drug-likeness (QED) is 0.938. The van der Waals surface area contributed by atoms with E-state index in [0.717, 1.165) is 11.3 Å². The van der Waals surface area contributed by atoms with Gasteiger partial charge in [0.2, 0.25) is 0 Å². The van der Waals surface area contributed by atoms with Crippen LogP contribution in [0.5, 0.6) is 5.75 Å². The molecule has 2 aromatic rings. The van der Waals surface area contributed by atoms with Gasteiger partial charge in [-0.1, -0.05) is 18.2 Å². The minimum absolute atomic E-state index is 0.262. The Morgan fingerprint density at radius 1 is 1.14 bits per heavy atom. The van der Waals surface area contributed by atoms with Gasteiger partial charge >= 0.3 is 0 Å². The molecule has 1 aliphatic carbocycles.